The number of hydrazine groups is 1. The second-order valence-electron chi connectivity index (χ2n) is 5.71. The molecule has 146 valence electrons. The van der Waals surface area contributed by atoms with E-state index in [9.17, 15) is 14.4 Å². The highest BCUT2D eigenvalue weighted by molar-refractivity contribution is 6.36. The molecule has 0 aliphatic carbocycles. The van der Waals surface area contributed by atoms with E-state index < -0.39 is 23.8 Å². The van der Waals surface area contributed by atoms with Crippen molar-refractivity contribution in [2.75, 3.05) is 13.2 Å². The Balaban J connectivity index is 1.44. The number of benzene rings is 2. The molecule has 1 heterocycles. The minimum absolute atomic E-state index is 0.00448. The number of ether oxygens (including phenoxy) is 2. The zero-order chi connectivity index (χ0) is 20.1. The molecule has 3 amide bonds. The van der Waals surface area contributed by atoms with Gasteiger partial charge in [-0.3, -0.25) is 25.2 Å². The largest absolute Gasteiger partial charge is 0.485 e. The van der Waals surface area contributed by atoms with Crippen molar-refractivity contribution >= 4 is 40.9 Å². The molecule has 8 nitrogen and oxygen atoms in total. The minimum atomic E-state index is -0.919. The lowest BCUT2D eigenvalue weighted by Gasteiger charge is -2.25. The Morgan fingerprint density at radius 3 is 2.54 bits per heavy atom. The van der Waals surface area contributed by atoms with Crippen molar-refractivity contribution in [3.8, 4) is 11.5 Å². The number of fused-ring (bicyclic) bond motifs is 1. The molecule has 1 atom stereocenters. The van der Waals surface area contributed by atoms with Crippen molar-refractivity contribution in [2.45, 2.75) is 6.10 Å². The van der Waals surface area contributed by atoms with Gasteiger partial charge in [0.05, 0.1) is 17.1 Å². The van der Waals surface area contributed by atoms with Crippen molar-refractivity contribution in [3.63, 3.8) is 0 Å². The van der Waals surface area contributed by atoms with Gasteiger partial charge < -0.3 is 14.8 Å². The van der Waals surface area contributed by atoms with E-state index >= 15 is 0 Å². The van der Waals surface area contributed by atoms with Crippen molar-refractivity contribution < 1.29 is 23.9 Å². The van der Waals surface area contributed by atoms with E-state index in [1.807, 2.05) is 0 Å². The van der Waals surface area contributed by atoms with Crippen LogP contribution in [0.4, 0.5) is 0 Å². The number of carbonyl (C=O) groups excluding carboxylic acids is 3. The first-order valence-electron chi connectivity index (χ1n) is 8.14. The summed E-state index contributed by atoms with van der Waals surface area (Å²) in [5.74, 6) is -0.797. The van der Waals surface area contributed by atoms with Gasteiger partial charge in [-0.15, -0.1) is 0 Å². The summed E-state index contributed by atoms with van der Waals surface area (Å²) in [6, 6.07) is 11.3. The third-order valence-corrected chi connectivity index (χ3v) is 4.26. The van der Waals surface area contributed by atoms with Crippen LogP contribution in [0, 0.1) is 0 Å². The van der Waals surface area contributed by atoms with Gasteiger partial charge in [0, 0.05) is 5.02 Å². The third-order valence-electron chi connectivity index (χ3n) is 3.71. The molecule has 2 aromatic carbocycles. The summed E-state index contributed by atoms with van der Waals surface area (Å²) in [4.78, 5) is 36.0. The van der Waals surface area contributed by atoms with Gasteiger partial charge in [0.15, 0.2) is 11.5 Å². The van der Waals surface area contributed by atoms with E-state index in [4.69, 9.17) is 32.7 Å². The topological polar surface area (TPSA) is 106 Å². The SMILES string of the molecule is O=C(CNC(=O)c1ccc(Cl)cc1Cl)NNC(=O)C1COc2ccccc2O1. The van der Waals surface area contributed by atoms with E-state index in [1.165, 1.54) is 18.2 Å². The summed E-state index contributed by atoms with van der Waals surface area (Å²) in [5.41, 5.74) is 4.59. The Morgan fingerprint density at radius 2 is 1.79 bits per heavy atom. The molecule has 0 fully saturated rings. The average Bonchev–Trinajstić information content (AvgIpc) is 2.69. The normalized spacial score (nSPS) is 14.7. The lowest BCUT2D eigenvalue weighted by atomic mass is 10.2. The number of hydrogen-bond acceptors (Lipinski definition) is 5. The van der Waals surface area contributed by atoms with Gasteiger partial charge in [-0.2, -0.15) is 0 Å². The van der Waals surface area contributed by atoms with Crippen LogP contribution in [0.1, 0.15) is 10.4 Å². The number of carbonyl (C=O) groups is 3. The van der Waals surface area contributed by atoms with E-state index in [1.54, 1.807) is 24.3 Å². The quantitative estimate of drug-likeness (QED) is 0.649. The number of nitrogens with one attached hydrogen (secondary N) is 3. The molecule has 1 aliphatic heterocycles. The first-order chi connectivity index (χ1) is 13.4. The number of hydrogen-bond donors (Lipinski definition) is 3. The van der Waals surface area contributed by atoms with Crippen molar-refractivity contribution in [1.29, 1.82) is 0 Å². The summed E-state index contributed by atoms with van der Waals surface area (Å²) in [5, 5.41) is 2.94. The highest BCUT2D eigenvalue weighted by Gasteiger charge is 2.27. The molecule has 10 heteroatoms. The van der Waals surface area contributed by atoms with Crippen LogP contribution < -0.4 is 25.6 Å². The predicted molar refractivity (Wildman–Crippen MR) is 101 cm³/mol. The predicted octanol–water partition coefficient (Wildman–Crippen LogP) is 1.71. The standard InChI is InChI=1S/C18H15Cl2N3O5/c19-10-5-6-11(12(20)7-10)17(25)21-8-16(24)22-23-18(26)15-9-27-13-3-1-2-4-14(13)28-15/h1-7,15H,8-9H2,(H,21,25)(H,22,24)(H,23,26). The first kappa shape index (κ1) is 19.8. The van der Waals surface area contributed by atoms with Crippen molar-refractivity contribution in [2.24, 2.45) is 0 Å². The Bertz CT molecular complexity index is 922. The second kappa shape index (κ2) is 8.81. The average molecular weight is 424 g/mol. The van der Waals surface area contributed by atoms with Crippen molar-refractivity contribution in [1.82, 2.24) is 16.2 Å². The van der Waals surface area contributed by atoms with Crippen LogP contribution in [0.2, 0.25) is 10.0 Å². The Labute approximate surface area is 170 Å². The maximum absolute atomic E-state index is 12.1. The van der Waals surface area contributed by atoms with Crippen molar-refractivity contribution in [3.05, 3.63) is 58.1 Å². The zero-order valence-electron chi connectivity index (χ0n) is 14.3. The molecular formula is C18H15Cl2N3O5. The zero-order valence-corrected chi connectivity index (χ0v) is 15.8. The Kier molecular flexibility index (Phi) is 6.23. The fraction of sp³-hybridized carbons (Fsp3) is 0.167. The van der Waals surface area contributed by atoms with E-state index in [2.05, 4.69) is 16.2 Å². The van der Waals surface area contributed by atoms with E-state index in [0.29, 0.717) is 16.5 Å². The van der Waals surface area contributed by atoms with E-state index in [0.717, 1.165) is 0 Å². The lowest BCUT2D eigenvalue weighted by molar-refractivity contribution is -0.134. The van der Waals surface area contributed by atoms with Crippen LogP contribution in [-0.2, 0) is 9.59 Å². The highest BCUT2D eigenvalue weighted by atomic mass is 35.5. The number of amides is 3. The van der Waals surface area contributed by atoms with E-state index in [-0.39, 0.29) is 23.7 Å². The minimum Gasteiger partial charge on any atom is -0.485 e. The van der Waals surface area contributed by atoms with Crippen LogP contribution >= 0.6 is 23.2 Å². The van der Waals surface area contributed by atoms with Gasteiger partial charge in [-0.1, -0.05) is 35.3 Å². The molecule has 0 bridgehead atoms. The summed E-state index contributed by atoms with van der Waals surface area (Å²) >= 11 is 11.7. The molecule has 0 saturated heterocycles. The lowest BCUT2D eigenvalue weighted by Crippen LogP contribution is -2.52. The fourth-order valence-corrected chi connectivity index (χ4v) is 2.83. The molecule has 1 unspecified atom stereocenters. The van der Waals surface area contributed by atoms with Crippen LogP contribution in [0.3, 0.4) is 0 Å². The number of para-hydroxylation sites is 2. The monoisotopic (exact) mass is 423 g/mol. The summed E-state index contributed by atoms with van der Waals surface area (Å²) < 4.78 is 11.0. The van der Waals surface area contributed by atoms with Gasteiger partial charge in [0.1, 0.15) is 6.61 Å². The van der Waals surface area contributed by atoms with Gasteiger partial charge in [-0.25, -0.2) is 0 Å². The van der Waals surface area contributed by atoms with Gasteiger partial charge in [0.25, 0.3) is 17.7 Å². The molecule has 0 saturated carbocycles. The highest BCUT2D eigenvalue weighted by Crippen LogP contribution is 2.30. The molecular weight excluding hydrogens is 409 g/mol. The number of halogens is 2. The Morgan fingerprint density at radius 1 is 1.04 bits per heavy atom. The van der Waals surface area contributed by atoms with Gasteiger partial charge >= 0.3 is 0 Å². The molecule has 1 aliphatic rings. The molecule has 0 radical (unpaired) electrons. The summed E-state index contributed by atoms with van der Waals surface area (Å²) in [6.07, 6.45) is -0.919. The maximum atomic E-state index is 12.1. The molecule has 2 aromatic rings. The molecule has 0 spiro atoms. The fourth-order valence-electron chi connectivity index (χ4n) is 2.33. The second-order valence-corrected chi connectivity index (χ2v) is 6.55. The third kappa shape index (κ3) is 4.85. The first-order valence-corrected chi connectivity index (χ1v) is 8.90. The van der Waals surface area contributed by atoms with Crippen LogP contribution in [-0.4, -0.2) is 37.0 Å². The molecule has 28 heavy (non-hydrogen) atoms. The molecule has 0 aromatic heterocycles. The summed E-state index contributed by atoms with van der Waals surface area (Å²) in [7, 11) is 0. The summed E-state index contributed by atoms with van der Waals surface area (Å²) in [6.45, 7) is -0.368. The van der Waals surface area contributed by atoms with Crippen LogP contribution in [0.25, 0.3) is 0 Å². The van der Waals surface area contributed by atoms with Crippen LogP contribution in [0.5, 0.6) is 11.5 Å². The van der Waals surface area contributed by atoms with Crippen LogP contribution in [0.15, 0.2) is 42.5 Å². The smallest absolute Gasteiger partial charge is 0.283 e. The molecule has 3 rings (SSSR count). The van der Waals surface area contributed by atoms with Gasteiger partial charge in [-0.05, 0) is 30.3 Å². The maximum Gasteiger partial charge on any atom is 0.283 e. The number of rotatable bonds is 4. The van der Waals surface area contributed by atoms with Gasteiger partial charge in [0.2, 0.25) is 6.10 Å². The Hall–Kier alpha value is -2.97. The molecule has 3 N–H and O–H groups in total.